The predicted molar refractivity (Wildman–Crippen MR) is 69.8 cm³/mol. The van der Waals surface area contributed by atoms with Crippen LogP contribution in [0.15, 0.2) is 36.4 Å². The molecule has 0 unspecified atom stereocenters. The minimum absolute atomic E-state index is 0.0978. The van der Waals surface area contributed by atoms with Crippen molar-refractivity contribution in [1.29, 1.82) is 0 Å². The Kier molecular flexibility index (Phi) is 3.25. The highest BCUT2D eigenvalue weighted by Gasteiger charge is 2.05. The molecule has 88 valence electrons. The molecule has 2 aromatic rings. The molecule has 0 saturated carbocycles. The average Bonchev–Trinajstić information content (AvgIpc) is 2.32. The van der Waals surface area contributed by atoms with Crippen LogP contribution in [0.1, 0.15) is 5.56 Å². The summed E-state index contributed by atoms with van der Waals surface area (Å²) in [5, 5.41) is 9.73. The van der Waals surface area contributed by atoms with Crippen LogP contribution >= 0.6 is 11.6 Å². The number of benzene rings is 2. The zero-order chi connectivity index (χ0) is 12.4. The van der Waals surface area contributed by atoms with Crippen molar-refractivity contribution >= 4 is 11.6 Å². The quantitative estimate of drug-likeness (QED) is 0.870. The largest absolute Gasteiger partial charge is 0.506 e. The van der Waals surface area contributed by atoms with Crippen LogP contribution in [0.4, 0.5) is 0 Å². The van der Waals surface area contributed by atoms with E-state index in [4.69, 9.17) is 16.3 Å². The van der Waals surface area contributed by atoms with Gasteiger partial charge in [-0.1, -0.05) is 23.7 Å². The Bertz CT molecular complexity index is 550. The third-order valence-corrected chi connectivity index (χ3v) is 2.98. The summed E-state index contributed by atoms with van der Waals surface area (Å²) in [6, 6.07) is 11.1. The maximum absolute atomic E-state index is 9.38. The summed E-state index contributed by atoms with van der Waals surface area (Å²) in [7, 11) is 1.65. The normalized spacial score (nSPS) is 10.3. The zero-order valence-electron chi connectivity index (χ0n) is 9.70. The van der Waals surface area contributed by atoms with E-state index in [9.17, 15) is 5.11 Å². The highest BCUT2D eigenvalue weighted by Crippen LogP contribution is 2.31. The number of halogens is 1. The Morgan fingerprint density at radius 3 is 2.29 bits per heavy atom. The maximum Gasteiger partial charge on any atom is 0.134 e. The summed E-state index contributed by atoms with van der Waals surface area (Å²) < 4.78 is 5.21. The smallest absolute Gasteiger partial charge is 0.134 e. The SMILES string of the molecule is COc1ccc(-c2ccc(O)c(Cl)c2)cc1C. The lowest BCUT2D eigenvalue weighted by atomic mass is 10.0. The van der Waals surface area contributed by atoms with Gasteiger partial charge in [0, 0.05) is 0 Å². The van der Waals surface area contributed by atoms with Crippen LogP contribution in [0, 0.1) is 6.92 Å². The highest BCUT2D eigenvalue weighted by molar-refractivity contribution is 6.32. The van der Waals surface area contributed by atoms with Gasteiger partial charge >= 0.3 is 0 Å². The summed E-state index contributed by atoms with van der Waals surface area (Å²) in [4.78, 5) is 0. The van der Waals surface area contributed by atoms with E-state index >= 15 is 0 Å². The Hall–Kier alpha value is -1.67. The standard InChI is InChI=1S/C14H13ClO2/c1-9-7-10(4-6-14(9)17-2)11-3-5-13(16)12(15)8-11/h3-8,16H,1-2H3. The zero-order valence-corrected chi connectivity index (χ0v) is 10.5. The number of phenols is 1. The summed E-state index contributed by atoms with van der Waals surface area (Å²) in [5.41, 5.74) is 3.08. The summed E-state index contributed by atoms with van der Waals surface area (Å²) in [6.07, 6.45) is 0. The fraction of sp³-hybridized carbons (Fsp3) is 0.143. The minimum Gasteiger partial charge on any atom is -0.506 e. The van der Waals surface area contributed by atoms with E-state index in [1.54, 1.807) is 19.2 Å². The molecule has 17 heavy (non-hydrogen) atoms. The average molecular weight is 249 g/mol. The molecule has 0 radical (unpaired) electrons. The van der Waals surface area contributed by atoms with Crippen molar-refractivity contribution in [3.8, 4) is 22.6 Å². The van der Waals surface area contributed by atoms with E-state index in [1.807, 2.05) is 31.2 Å². The van der Waals surface area contributed by atoms with E-state index < -0.39 is 0 Å². The van der Waals surface area contributed by atoms with Gasteiger partial charge in [0.15, 0.2) is 0 Å². The molecule has 0 saturated heterocycles. The molecule has 0 aliphatic heterocycles. The number of rotatable bonds is 2. The second kappa shape index (κ2) is 4.68. The fourth-order valence-corrected chi connectivity index (χ4v) is 1.92. The number of methoxy groups -OCH3 is 1. The number of phenolic OH excluding ortho intramolecular Hbond substituents is 1. The fourth-order valence-electron chi connectivity index (χ4n) is 1.74. The van der Waals surface area contributed by atoms with Gasteiger partial charge in [-0.15, -0.1) is 0 Å². The van der Waals surface area contributed by atoms with Gasteiger partial charge in [0.1, 0.15) is 11.5 Å². The lowest BCUT2D eigenvalue weighted by Crippen LogP contribution is -1.87. The third-order valence-electron chi connectivity index (χ3n) is 2.68. The van der Waals surface area contributed by atoms with Gasteiger partial charge in [-0.3, -0.25) is 0 Å². The minimum atomic E-state index is 0.0978. The molecule has 0 atom stereocenters. The van der Waals surface area contributed by atoms with Crippen LogP contribution in [-0.4, -0.2) is 12.2 Å². The molecular formula is C14H13ClO2. The monoisotopic (exact) mass is 248 g/mol. The van der Waals surface area contributed by atoms with Gasteiger partial charge < -0.3 is 9.84 Å². The van der Waals surface area contributed by atoms with Crippen molar-refractivity contribution < 1.29 is 9.84 Å². The highest BCUT2D eigenvalue weighted by atomic mass is 35.5. The first-order chi connectivity index (χ1) is 8.11. The molecule has 2 nitrogen and oxygen atoms in total. The van der Waals surface area contributed by atoms with Crippen LogP contribution in [0.25, 0.3) is 11.1 Å². The lowest BCUT2D eigenvalue weighted by Gasteiger charge is -2.08. The lowest BCUT2D eigenvalue weighted by molar-refractivity contribution is 0.412. The van der Waals surface area contributed by atoms with Crippen molar-refractivity contribution in [1.82, 2.24) is 0 Å². The van der Waals surface area contributed by atoms with Crippen molar-refractivity contribution in [2.45, 2.75) is 6.92 Å². The van der Waals surface area contributed by atoms with Crippen LogP contribution in [0.3, 0.4) is 0 Å². The third kappa shape index (κ3) is 2.37. The number of hydrogen-bond donors (Lipinski definition) is 1. The molecule has 0 bridgehead atoms. The first-order valence-electron chi connectivity index (χ1n) is 5.25. The van der Waals surface area contributed by atoms with Crippen molar-refractivity contribution in [2.24, 2.45) is 0 Å². The Balaban J connectivity index is 2.46. The van der Waals surface area contributed by atoms with E-state index in [0.717, 1.165) is 22.4 Å². The number of hydrogen-bond acceptors (Lipinski definition) is 2. The van der Waals surface area contributed by atoms with E-state index in [1.165, 1.54) is 0 Å². The molecule has 0 aliphatic carbocycles. The molecule has 0 aromatic heterocycles. The number of aryl methyl sites for hydroxylation is 1. The van der Waals surface area contributed by atoms with Crippen LogP contribution in [-0.2, 0) is 0 Å². The van der Waals surface area contributed by atoms with Crippen molar-refractivity contribution in [3.63, 3.8) is 0 Å². The van der Waals surface area contributed by atoms with Gasteiger partial charge in [0.2, 0.25) is 0 Å². The molecule has 2 aromatic carbocycles. The molecular weight excluding hydrogens is 236 g/mol. The predicted octanol–water partition coefficient (Wildman–Crippen LogP) is 4.03. The molecule has 3 heteroatoms. The van der Waals surface area contributed by atoms with Crippen LogP contribution < -0.4 is 4.74 Å². The summed E-state index contributed by atoms with van der Waals surface area (Å²) in [6.45, 7) is 1.99. The maximum atomic E-state index is 9.38. The Labute approximate surface area is 105 Å². The molecule has 0 amide bonds. The second-order valence-electron chi connectivity index (χ2n) is 3.85. The van der Waals surface area contributed by atoms with E-state index in [2.05, 4.69) is 0 Å². The first-order valence-corrected chi connectivity index (χ1v) is 5.63. The molecule has 0 fully saturated rings. The van der Waals surface area contributed by atoms with E-state index in [-0.39, 0.29) is 5.75 Å². The topological polar surface area (TPSA) is 29.5 Å². The first kappa shape index (κ1) is 11.8. The molecule has 0 heterocycles. The van der Waals surface area contributed by atoms with Crippen molar-refractivity contribution in [3.05, 3.63) is 47.0 Å². The Morgan fingerprint density at radius 2 is 1.71 bits per heavy atom. The van der Waals surface area contributed by atoms with Gasteiger partial charge in [0.05, 0.1) is 12.1 Å². The van der Waals surface area contributed by atoms with E-state index in [0.29, 0.717) is 5.02 Å². The number of aromatic hydroxyl groups is 1. The van der Waals surface area contributed by atoms with Gasteiger partial charge in [0.25, 0.3) is 0 Å². The van der Waals surface area contributed by atoms with Crippen LogP contribution in [0.2, 0.25) is 5.02 Å². The van der Waals surface area contributed by atoms with Gasteiger partial charge in [-0.05, 0) is 47.9 Å². The molecule has 0 spiro atoms. The van der Waals surface area contributed by atoms with Crippen LogP contribution in [0.5, 0.6) is 11.5 Å². The van der Waals surface area contributed by atoms with Gasteiger partial charge in [-0.2, -0.15) is 0 Å². The Morgan fingerprint density at radius 1 is 1.06 bits per heavy atom. The summed E-state index contributed by atoms with van der Waals surface area (Å²) >= 11 is 5.89. The van der Waals surface area contributed by atoms with Crippen molar-refractivity contribution in [2.75, 3.05) is 7.11 Å². The molecule has 1 N–H and O–H groups in total. The summed E-state index contributed by atoms with van der Waals surface area (Å²) in [5.74, 6) is 0.958. The molecule has 0 aliphatic rings. The molecule has 2 rings (SSSR count). The number of ether oxygens (including phenoxy) is 1. The second-order valence-corrected chi connectivity index (χ2v) is 4.26. The van der Waals surface area contributed by atoms with Gasteiger partial charge in [-0.25, -0.2) is 0 Å².